The molecule has 0 aliphatic rings. The highest BCUT2D eigenvalue weighted by molar-refractivity contribution is 9.10. The molecule has 82 valence electrons. The van der Waals surface area contributed by atoms with Gasteiger partial charge in [0.15, 0.2) is 0 Å². The fraction of sp³-hybridized carbons (Fsp3) is 0.0769. The number of halogens is 2. The first-order chi connectivity index (χ1) is 7.61. The van der Waals surface area contributed by atoms with E-state index < -0.39 is 0 Å². The van der Waals surface area contributed by atoms with Gasteiger partial charge in [0.2, 0.25) is 0 Å². The number of nitrogen functional groups attached to an aromatic ring is 1. The van der Waals surface area contributed by atoms with E-state index in [9.17, 15) is 4.39 Å². The average molecular weight is 280 g/mol. The van der Waals surface area contributed by atoms with E-state index in [1.54, 1.807) is 12.1 Å². The second-order valence-corrected chi connectivity index (χ2v) is 4.48. The molecule has 0 aliphatic carbocycles. The van der Waals surface area contributed by atoms with Gasteiger partial charge >= 0.3 is 0 Å². The van der Waals surface area contributed by atoms with Gasteiger partial charge in [-0.05, 0) is 46.1 Å². The number of nitrogens with two attached hydrogens (primary N) is 1. The van der Waals surface area contributed by atoms with E-state index in [0.717, 1.165) is 11.1 Å². The Morgan fingerprint density at radius 3 is 2.44 bits per heavy atom. The number of anilines is 1. The van der Waals surface area contributed by atoms with Gasteiger partial charge < -0.3 is 5.73 Å². The van der Waals surface area contributed by atoms with E-state index in [1.807, 2.05) is 31.2 Å². The van der Waals surface area contributed by atoms with Crippen molar-refractivity contribution in [1.82, 2.24) is 0 Å². The molecule has 0 aliphatic heterocycles. The van der Waals surface area contributed by atoms with E-state index in [-0.39, 0.29) is 5.82 Å². The Morgan fingerprint density at radius 1 is 1.06 bits per heavy atom. The standard InChI is InChI=1S/C13H11BrFN/c1-8-9(4-3-7-12(8)16)10-5-2-6-11(14)13(10)15/h2-7H,16H2,1H3. The van der Waals surface area contributed by atoms with Crippen LogP contribution in [0.25, 0.3) is 11.1 Å². The largest absolute Gasteiger partial charge is 0.398 e. The van der Waals surface area contributed by atoms with Crippen molar-refractivity contribution in [3.05, 3.63) is 52.3 Å². The van der Waals surface area contributed by atoms with Crippen LogP contribution < -0.4 is 5.73 Å². The molecule has 0 amide bonds. The lowest BCUT2D eigenvalue weighted by atomic mass is 9.99. The van der Waals surface area contributed by atoms with Crippen molar-refractivity contribution in [1.29, 1.82) is 0 Å². The number of rotatable bonds is 1. The van der Waals surface area contributed by atoms with Crippen molar-refractivity contribution in [3.63, 3.8) is 0 Å². The summed E-state index contributed by atoms with van der Waals surface area (Å²) >= 11 is 3.18. The van der Waals surface area contributed by atoms with Gasteiger partial charge in [0.25, 0.3) is 0 Å². The van der Waals surface area contributed by atoms with Gasteiger partial charge in [-0.3, -0.25) is 0 Å². The maximum absolute atomic E-state index is 13.9. The third kappa shape index (κ3) is 1.83. The molecule has 0 fully saturated rings. The van der Waals surface area contributed by atoms with Crippen molar-refractivity contribution in [2.45, 2.75) is 6.92 Å². The van der Waals surface area contributed by atoms with Crippen LogP contribution in [0.4, 0.5) is 10.1 Å². The van der Waals surface area contributed by atoms with Crippen LogP contribution in [0, 0.1) is 12.7 Å². The third-order valence-electron chi connectivity index (χ3n) is 2.62. The summed E-state index contributed by atoms with van der Waals surface area (Å²) in [6, 6.07) is 10.8. The molecule has 0 radical (unpaired) electrons. The molecule has 0 saturated carbocycles. The first-order valence-corrected chi connectivity index (χ1v) is 5.70. The molecule has 0 atom stereocenters. The molecular formula is C13H11BrFN. The van der Waals surface area contributed by atoms with Crippen LogP contribution in [0.1, 0.15) is 5.56 Å². The minimum absolute atomic E-state index is 0.254. The molecule has 0 saturated heterocycles. The fourth-order valence-electron chi connectivity index (χ4n) is 1.66. The molecule has 0 spiro atoms. The third-order valence-corrected chi connectivity index (χ3v) is 3.23. The molecule has 16 heavy (non-hydrogen) atoms. The summed E-state index contributed by atoms with van der Waals surface area (Å²) in [4.78, 5) is 0. The van der Waals surface area contributed by atoms with E-state index in [0.29, 0.717) is 15.7 Å². The zero-order valence-electron chi connectivity index (χ0n) is 8.80. The van der Waals surface area contributed by atoms with Crippen LogP contribution in [-0.4, -0.2) is 0 Å². The van der Waals surface area contributed by atoms with Crippen molar-refractivity contribution >= 4 is 21.6 Å². The Morgan fingerprint density at radius 2 is 1.69 bits per heavy atom. The Hall–Kier alpha value is -1.35. The van der Waals surface area contributed by atoms with E-state index in [2.05, 4.69) is 15.9 Å². The molecule has 0 heterocycles. The van der Waals surface area contributed by atoms with Gasteiger partial charge in [-0.2, -0.15) is 0 Å². The molecule has 0 unspecified atom stereocenters. The first-order valence-electron chi connectivity index (χ1n) is 4.90. The summed E-state index contributed by atoms with van der Waals surface area (Å²) in [5.41, 5.74) is 8.79. The van der Waals surface area contributed by atoms with Gasteiger partial charge in [-0.25, -0.2) is 4.39 Å². The Bertz CT molecular complexity index is 488. The van der Waals surface area contributed by atoms with Gasteiger partial charge in [0, 0.05) is 11.3 Å². The maximum Gasteiger partial charge on any atom is 0.145 e. The van der Waals surface area contributed by atoms with Crippen LogP contribution in [0.3, 0.4) is 0 Å². The topological polar surface area (TPSA) is 26.0 Å². The summed E-state index contributed by atoms with van der Waals surface area (Å²) in [6.45, 7) is 1.89. The van der Waals surface area contributed by atoms with Gasteiger partial charge in [-0.1, -0.05) is 24.3 Å². The highest BCUT2D eigenvalue weighted by atomic mass is 79.9. The number of hydrogen-bond donors (Lipinski definition) is 1. The van der Waals surface area contributed by atoms with Crippen LogP contribution >= 0.6 is 15.9 Å². The van der Waals surface area contributed by atoms with Crippen molar-refractivity contribution < 1.29 is 4.39 Å². The van der Waals surface area contributed by atoms with Crippen molar-refractivity contribution in [2.24, 2.45) is 0 Å². The summed E-state index contributed by atoms with van der Waals surface area (Å²) in [5.74, 6) is -0.254. The van der Waals surface area contributed by atoms with Gasteiger partial charge in [0.1, 0.15) is 5.82 Å². The normalized spacial score (nSPS) is 10.4. The minimum Gasteiger partial charge on any atom is -0.398 e. The summed E-state index contributed by atoms with van der Waals surface area (Å²) in [7, 11) is 0. The molecular weight excluding hydrogens is 269 g/mol. The van der Waals surface area contributed by atoms with Crippen molar-refractivity contribution in [2.75, 3.05) is 5.73 Å². The van der Waals surface area contributed by atoms with Crippen molar-refractivity contribution in [3.8, 4) is 11.1 Å². The number of benzene rings is 2. The predicted octanol–water partition coefficient (Wildman–Crippen LogP) is 4.15. The average Bonchev–Trinajstić information content (AvgIpc) is 2.27. The summed E-state index contributed by atoms with van der Waals surface area (Å²) in [6.07, 6.45) is 0. The highest BCUT2D eigenvalue weighted by Gasteiger charge is 2.10. The molecule has 2 N–H and O–H groups in total. The van der Waals surface area contributed by atoms with Gasteiger partial charge in [-0.15, -0.1) is 0 Å². The molecule has 2 aromatic rings. The summed E-state index contributed by atoms with van der Waals surface area (Å²) in [5, 5.41) is 0. The van der Waals surface area contributed by atoms with Crippen LogP contribution in [0.15, 0.2) is 40.9 Å². The van der Waals surface area contributed by atoms with E-state index in [1.165, 1.54) is 0 Å². The zero-order chi connectivity index (χ0) is 11.7. The minimum atomic E-state index is -0.254. The fourth-order valence-corrected chi connectivity index (χ4v) is 2.02. The first kappa shape index (κ1) is 11.1. The molecule has 0 bridgehead atoms. The van der Waals surface area contributed by atoms with Crippen LogP contribution in [-0.2, 0) is 0 Å². The maximum atomic E-state index is 13.9. The second kappa shape index (κ2) is 4.26. The van der Waals surface area contributed by atoms with Crippen LogP contribution in [0.5, 0.6) is 0 Å². The zero-order valence-corrected chi connectivity index (χ0v) is 10.4. The van der Waals surface area contributed by atoms with Crippen LogP contribution in [0.2, 0.25) is 0 Å². The Labute approximate surface area is 102 Å². The monoisotopic (exact) mass is 279 g/mol. The molecule has 2 aromatic carbocycles. The molecule has 0 aromatic heterocycles. The lowest BCUT2D eigenvalue weighted by molar-refractivity contribution is 0.624. The quantitative estimate of drug-likeness (QED) is 0.780. The molecule has 3 heteroatoms. The lowest BCUT2D eigenvalue weighted by Crippen LogP contribution is -1.94. The number of hydrogen-bond acceptors (Lipinski definition) is 1. The predicted molar refractivity (Wildman–Crippen MR) is 68.7 cm³/mol. The SMILES string of the molecule is Cc1c(N)cccc1-c1cccc(Br)c1F. The smallest absolute Gasteiger partial charge is 0.145 e. The highest BCUT2D eigenvalue weighted by Crippen LogP contribution is 2.31. The summed E-state index contributed by atoms with van der Waals surface area (Å²) < 4.78 is 14.4. The molecule has 1 nitrogen and oxygen atoms in total. The lowest BCUT2D eigenvalue weighted by Gasteiger charge is -2.10. The second-order valence-electron chi connectivity index (χ2n) is 3.62. The van der Waals surface area contributed by atoms with E-state index >= 15 is 0 Å². The van der Waals surface area contributed by atoms with E-state index in [4.69, 9.17) is 5.73 Å². The Balaban J connectivity index is 2.68. The Kier molecular flexibility index (Phi) is 2.97. The van der Waals surface area contributed by atoms with Gasteiger partial charge in [0.05, 0.1) is 4.47 Å². The molecule has 2 rings (SSSR count).